The minimum atomic E-state index is -0.442. The molecule has 3 rings (SSSR count). The maximum absolute atomic E-state index is 12.1. The molecular weight excluding hydrogens is 346 g/mol. The molecule has 0 unspecified atom stereocenters. The number of carbonyl (C=O) groups excluding carboxylic acids is 3. The molecule has 140 valence electrons. The molecule has 1 aliphatic rings. The van der Waals surface area contributed by atoms with Crippen molar-refractivity contribution in [2.75, 3.05) is 13.7 Å². The summed E-state index contributed by atoms with van der Waals surface area (Å²) in [5.41, 5.74) is 4.17. The van der Waals surface area contributed by atoms with Gasteiger partial charge in [0.05, 0.1) is 12.2 Å². The van der Waals surface area contributed by atoms with Crippen LogP contribution in [0.5, 0.6) is 0 Å². The van der Waals surface area contributed by atoms with Crippen molar-refractivity contribution < 1.29 is 19.1 Å². The van der Waals surface area contributed by atoms with Crippen LogP contribution in [0.15, 0.2) is 36.0 Å². The smallest absolute Gasteiger partial charge is 0.338 e. The summed E-state index contributed by atoms with van der Waals surface area (Å²) in [5.74, 6) is -0.736. The number of rotatable bonds is 4. The molecule has 0 bridgehead atoms. The topological polar surface area (TPSA) is 80.6 Å². The summed E-state index contributed by atoms with van der Waals surface area (Å²) in [6.07, 6.45) is 1.66. The van der Waals surface area contributed by atoms with Crippen LogP contribution >= 0.6 is 0 Å². The number of hydrogen-bond donors (Lipinski definition) is 1. The van der Waals surface area contributed by atoms with E-state index >= 15 is 0 Å². The highest BCUT2D eigenvalue weighted by molar-refractivity contribution is 6.13. The highest BCUT2D eigenvalue weighted by Crippen LogP contribution is 2.24. The zero-order chi connectivity index (χ0) is 19.7. The minimum Gasteiger partial charge on any atom is -0.462 e. The summed E-state index contributed by atoms with van der Waals surface area (Å²) in [6.45, 7) is 5.94. The fraction of sp³-hybridized carbons (Fsp3) is 0.250. The van der Waals surface area contributed by atoms with Gasteiger partial charge >= 0.3 is 12.0 Å². The van der Waals surface area contributed by atoms with Gasteiger partial charge in [-0.25, -0.2) is 9.59 Å². The molecule has 2 heterocycles. The Kier molecular flexibility index (Phi) is 4.85. The third-order valence-corrected chi connectivity index (χ3v) is 4.47. The van der Waals surface area contributed by atoms with Crippen LogP contribution in [-0.4, -0.2) is 41.0 Å². The second-order valence-electron chi connectivity index (χ2n) is 6.29. The van der Waals surface area contributed by atoms with E-state index in [2.05, 4.69) is 5.32 Å². The maximum atomic E-state index is 12.1. The number of nitrogens with one attached hydrogen (secondary N) is 1. The van der Waals surface area contributed by atoms with Gasteiger partial charge in [0.25, 0.3) is 5.91 Å². The van der Waals surface area contributed by atoms with Crippen LogP contribution in [0.2, 0.25) is 0 Å². The highest BCUT2D eigenvalue weighted by atomic mass is 16.5. The zero-order valence-corrected chi connectivity index (χ0v) is 15.7. The first-order valence-electron chi connectivity index (χ1n) is 8.60. The first-order chi connectivity index (χ1) is 12.8. The summed E-state index contributed by atoms with van der Waals surface area (Å²) >= 11 is 0. The maximum Gasteiger partial charge on any atom is 0.338 e. The van der Waals surface area contributed by atoms with Gasteiger partial charge in [0, 0.05) is 24.1 Å². The van der Waals surface area contributed by atoms with Crippen LogP contribution < -0.4 is 5.32 Å². The molecule has 1 aromatic carbocycles. The molecule has 7 nitrogen and oxygen atoms in total. The van der Waals surface area contributed by atoms with Gasteiger partial charge in [-0.15, -0.1) is 0 Å². The molecule has 0 atom stereocenters. The number of amides is 3. The standard InChI is InChI=1S/C20H21N3O4/c1-5-27-19(25)14-7-6-8-16(10-14)23-12(2)9-15(13(23)3)11-17-18(24)22(4)20(26)21-17/h6-11H,5H2,1-4H3,(H,21,26)/b17-11+. The van der Waals surface area contributed by atoms with E-state index in [0.717, 1.165) is 27.5 Å². The van der Waals surface area contributed by atoms with E-state index in [4.69, 9.17) is 4.74 Å². The van der Waals surface area contributed by atoms with Gasteiger partial charge in [-0.2, -0.15) is 0 Å². The van der Waals surface area contributed by atoms with Gasteiger partial charge in [0.2, 0.25) is 0 Å². The number of benzene rings is 1. The lowest BCUT2D eigenvalue weighted by Crippen LogP contribution is -2.25. The van der Waals surface area contributed by atoms with Crippen molar-refractivity contribution in [3.63, 3.8) is 0 Å². The Morgan fingerprint density at radius 2 is 1.96 bits per heavy atom. The van der Waals surface area contributed by atoms with Crippen molar-refractivity contribution in [2.24, 2.45) is 0 Å². The number of ether oxygens (including phenoxy) is 1. The van der Waals surface area contributed by atoms with E-state index in [1.54, 1.807) is 31.2 Å². The van der Waals surface area contributed by atoms with Gasteiger partial charge in [0.1, 0.15) is 5.70 Å². The molecule has 0 aliphatic carbocycles. The van der Waals surface area contributed by atoms with Crippen LogP contribution in [0.1, 0.15) is 34.2 Å². The number of hydrogen-bond acceptors (Lipinski definition) is 4. The number of urea groups is 1. The Balaban J connectivity index is 2.00. The average Bonchev–Trinajstić information content (AvgIpc) is 3.05. The van der Waals surface area contributed by atoms with Crippen molar-refractivity contribution in [1.29, 1.82) is 0 Å². The SMILES string of the molecule is CCOC(=O)c1cccc(-n2c(C)cc(/C=C3/NC(=O)N(C)C3=O)c2C)c1. The fourth-order valence-electron chi connectivity index (χ4n) is 3.10. The molecule has 1 aromatic heterocycles. The predicted octanol–water partition coefficient (Wildman–Crippen LogP) is 2.79. The molecule has 1 saturated heterocycles. The molecule has 27 heavy (non-hydrogen) atoms. The molecular formula is C20H21N3O4. The number of nitrogens with zero attached hydrogens (tertiary/aromatic N) is 2. The molecule has 7 heteroatoms. The van der Waals surface area contributed by atoms with E-state index in [1.165, 1.54) is 7.05 Å². The van der Waals surface area contributed by atoms with Crippen molar-refractivity contribution in [2.45, 2.75) is 20.8 Å². The van der Waals surface area contributed by atoms with E-state index in [0.29, 0.717) is 12.2 Å². The van der Waals surface area contributed by atoms with Crippen molar-refractivity contribution in [3.05, 3.63) is 58.5 Å². The normalized spacial score (nSPS) is 15.4. The van der Waals surface area contributed by atoms with Gasteiger partial charge in [-0.3, -0.25) is 9.69 Å². The van der Waals surface area contributed by atoms with Crippen molar-refractivity contribution >= 4 is 24.0 Å². The third kappa shape index (κ3) is 3.36. The first kappa shape index (κ1) is 18.4. The van der Waals surface area contributed by atoms with Crippen LogP contribution in [0.4, 0.5) is 4.79 Å². The Morgan fingerprint density at radius 3 is 2.59 bits per heavy atom. The monoisotopic (exact) mass is 367 g/mol. The number of carbonyl (C=O) groups is 3. The van der Waals surface area contributed by atoms with E-state index in [9.17, 15) is 14.4 Å². The predicted molar refractivity (Wildman–Crippen MR) is 100 cm³/mol. The van der Waals surface area contributed by atoms with Crippen LogP contribution in [0.25, 0.3) is 11.8 Å². The fourth-order valence-corrected chi connectivity index (χ4v) is 3.10. The lowest BCUT2D eigenvalue weighted by atomic mass is 10.2. The number of esters is 1. The van der Waals surface area contributed by atoms with Gasteiger partial charge in [-0.1, -0.05) is 6.07 Å². The molecule has 1 N–H and O–H groups in total. The molecule has 2 aromatic rings. The largest absolute Gasteiger partial charge is 0.462 e. The van der Waals surface area contributed by atoms with E-state index < -0.39 is 6.03 Å². The van der Waals surface area contributed by atoms with E-state index in [1.807, 2.05) is 30.5 Å². The highest BCUT2D eigenvalue weighted by Gasteiger charge is 2.30. The first-order valence-corrected chi connectivity index (χ1v) is 8.60. The minimum absolute atomic E-state index is 0.239. The number of aryl methyl sites for hydroxylation is 1. The lowest BCUT2D eigenvalue weighted by molar-refractivity contribution is -0.121. The van der Waals surface area contributed by atoms with Crippen molar-refractivity contribution in [1.82, 2.24) is 14.8 Å². The van der Waals surface area contributed by atoms with Crippen LogP contribution in [0, 0.1) is 13.8 Å². The summed E-state index contributed by atoms with van der Waals surface area (Å²) in [4.78, 5) is 36.8. The molecule has 0 saturated carbocycles. The van der Waals surface area contributed by atoms with Gasteiger partial charge < -0.3 is 14.6 Å². The molecule has 1 aliphatic heterocycles. The average molecular weight is 367 g/mol. The van der Waals surface area contributed by atoms with Crippen molar-refractivity contribution in [3.8, 4) is 5.69 Å². The molecule has 0 radical (unpaired) electrons. The molecule has 3 amide bonds. The third-order valence-electron chi connectivity index (χ3n) is 4.47. The number of imide groups is 1. The van der Waals surface area contributed by atoms with Crippen LogP contribution in [-0.2, 0) is 9.53 Å². The number of aromatic nitrogens is 1. The second kappa shape index (κ2) is 7.11. The summed E-state index contributed by atoms with van der Waals surface area (Å²) < 4.78 is 7.05. The number of likely N-dealkylation sites (N-methyl/N-ethyl adjacent to an activating group) is 1. The Morgan fingerprint density at radius 1 is 1.22 bits per heavy atom. The van der Waals surface area contributed by atoms with E-state index in [-0.39, 0.29) is 17.6 Å². The lowest BCUT2D eigenvalue weighted by Gasteiger charge is -2.11. The summed E-state index contributed by atoms with van der Waals surface area (Å²) in [5, 5.41) is 2.56. The van der Waals surface area contributed by atoms with Gasteiger partial charge in [0.15, 0.2) is 0 Å². The van der Waals surface area contributed by atoms with Gasteiger partial charge in [-0.05, 0) is 56.7 Å². The molecule has 0 spiro atoms. The zero-order valence-electron chi connectivity index (χ0n) is 15.7. The molecule has 1 fully saturated rings. The summed E-state index contributed by atoms with van der Waals surface area (Å²) in [7, 11) is 1.43. The van der Waals surface area contributed by atoms with Crippen LogP contribution in [0.3, 0.4) is 0 Å². The quantitative estimate of drug-likeness (QED) is 0.512. The second-order valence-corrected chi connectivity index (χ2v) is 6.29. The Bertz CT molecular complexity index is 972. The Hall–Kier alpha value is -3.35. The Labute approximate surface area is 157 Å². The summed E-state index contributed by atoms with van der Waals surface area (Å²) in [6, 6.07) is 8.66.